The standard InChI is InChI=1S/C19H27N3O2/c1-24-10-9-22-13-16(11-20-22)12-21-8-7-19(18(14-21)15-23)17-5-3-2-4-6-17/h2-6,11,13,18-19,23H,7-10,12,14-15H2,1H3/t18-,19+/m1/s1. The van der Waals surface area contributed by atoms with Crippen LogP contribution in [0.25, 0.3) is 0 Å². The molecular weight excluding hydrogens is 302 g/mol. The lowest BCUT2D eigenvalue weighted by molar-refractivity contribution is 0.0972. The van der Waals surface area contributed by atoms with Gasteiger partial charge in [0.25, 0.3) is 0 Å². The highest BCUT2D eigenvalue weighted by Crippen LogP contribution is 2.33. The van der Waals surface area contributed by atoms with E-state index in [1.54, 1.807) is 7.11 Å². The second-order valence-electron chi connectivity index (χ2n) is 6.59. The summed E-state index contributed by atoms with van der Waals surface area (Å²) in [7, 11) is 1.70. The van der Waals surface area contributed by atoms with Crippen molar-refractivity contribution in [2.75, 3.05) is 33.4 Å². The largest absolute Gasteiger partial charge is 0.396 e. The molecule has 1 saturated heterocycles. The van der Waals surface area contributed by atoms with Gasteiger partial charge < -0.3 is 9.84 Å². The highest BCUT2D eigenvalue weighted by molar-refractivity contribution is 5.21. The van der Waals surface area contributed by atoms with Crippen molar-refractivity contribution in [3.8, 4) is 0 Å². The molecular formula is C19H27N3O2. The zero-order valence-electron chi connectivity index (χ0n) is 14.3. The van der Waals surface area contributed by atoms with Crippen LogP contribution >= 0.6 is 0 Å². The minimum absolute atomic E-state index is 0.239. The number of hydrogen-bond donors (Lipinski definition) is 1. The summed E-state index contributed by atoms with van der Waals surface area (Å²) in [6, 6.07) is 10.6. The van der Waals surface area contributed by atoms with Crippen LogP contribution in [0.5, 0.6) is 0 Å². The van der Waals surface area contributed by atoms with Gasteiger partial charge in [-0.2, -0.15) is 5.10 Å². The lowest BCUT2D eigenvalue weighted by atomic mass is 9.81. The fraction of sp³-hybridized carbons (Fsp3) is 0.526. The van der Waals surface area contributed by atoms with Gasteiger partial charge in [0, 0.05) is 44.5 Å². The molecule has 1 aliphatic rings. The number of nitrogens with zero attached hydrogens (tertiary/aromatic N) is 3. The Balaban J connectivity index is 1.58. The summed E-state index contributed by atoms with van der Waals surface area (Å²) in [5.41, 5.74) is 2.57. The molecule has 0 saturated carbocycles. The molecule has 1 aromatic heterocycles. The van der Waals surface area contributed by atoms with E-state index in [0.717, 1.165) is 32.6 Å². The van der Waals surface area contributed by atoms with Crippen LogP contribution < -0.4 is 0 Å². The van der Waals surface area contributed by atoms with E-state index in [4.69, 9.17) is 4.74 Å². The maximum Gasteiger partial charge on any atom is 0.0658 e. The molecule has 2 aromatic rings. The van der Waals surface area contributed by atoms with Crippen LogP contribution in [0.1, 0.15) is 23.5 Å². The molecule has 5 heteroatoms. The summed E-state index contributed by atoms with van der Waals surface area (Å²) < 4.78 is 7.02. The average molecular weight is 329 g/mol. The number of aromatic nitrogens is 2. The van der Waals surface area contributed by atoms with E-state index in [1.807, 2.05) is 16.9 Å². The molecule has 2 heterocycles. The smallest absolute Gasteiger partial charge is 0.0658 e. The van der Waals surface area contributed by atoms with Gasteiger partial charge in [0.05, 0.1) is 19.3 Å². The van der Waals surface area contributed by atoms with Gasteiger partial charge in [0.15, 0.2) is 0 Å². The number of aliphatic hydroxyl groups is 1. The first-order chi connectivity index (χ1) is 11.8. The molecule has 0 spiro atoms. The number of hydrogen-bond acceptors (Lipinski definition) is 4. The van der Waals surface area contributed by atoms with Crippen LogP contribution in [0.2, 0.25) is 0 Å². The third-order valence-corrected chi connectivity index (χ3v) is 4.90. The summed E-state index contributed by atoms with van der Waals surface area (Å²) in [5.74, 6) is 0.751. The second kappa shape index (κ2) is 8.42. The Labute approximate surface area is 143 Å². The zero-order chi connectivity index (χ0) is 16.8. The number of piperidine rings is 1. The third-order valence-electron chi connectivity index (χ3n) is 4.90. The molecule has 1 N–H and O–H groups in total. The summed E-state index contributed by atoms with van der Waals surface area (Å²) in [6.07, 6.45) is 5.12. The van der Waals surface area contributed by atoms with Crippen molar-refractivity contribution in [1.29, 1.82) is 0 Å². The molecule has 3 rings (SSSR count). The van der Waals surface area contributed by atoms with Crippen LogP contribution in [0.4, 0.5) is 0 Å². The molecule has 1 aromatic carbocycles. The molecule has 5 nitrogen and oxygen atoms in total. The Bertz CT molecular complexity index is 614. The predicted octanol–water partition coefficient (Wildman–Crippen LogP) is 2.13. The Hall–Kier alpha value is -1.69. The van der Waals surface area contributed by atoms with Crippen molar-refractivity contribution in [2.45, 2.75) is 25.4 Å². The van der Waals surface area contributed by atoms with Gasteiger partial charge in [-0.25, -0.2) is 0 Å². The molecule has 1 fully saturated rings. The summed E-state index contributed by atoms with van der Waals surface area (Å²) in [4.78, 5) is 2.43. The van der Waals surface area contributed by atoms with E-state index in [-0.39, 0.29) is 6.61 Å². The molecule has 0 amide bonds. The number of rotatable bonds is 7. The number of benzene rings is 1. The SMILES string of the molecule is COCCn1cc(CN2CC[C@@H](c3ccccc3)[C@@H](CO)C2)cn1. The van der Waals surface area contributed by atoms with E-state index < -0.39 is 0 Å². The zero-order valence-corrected chi connectivity index (χ0v) is 14.3. The van der Waals surface area contributed by atoms with Gasteiger partial charge in [0.2, 0.25) is 0 Å². The molecule has 130 valence electrons. The predicted molar refractivity (Wildman–Crippen MR) is 93.8 cm³/mol. The summed E-state index contributed by atoms with van der Waals surface area (Å²) in [6.45, 7) is 4.58. The van der Waals surface area contributed by atoms with Crippen molar-refractivity contribution in [2.24, 2.45) is 5.92 Å². The van der Waals surface area contributed by atoms with Crippen LogP contribution in [0.15, 0.2) is 42.7 Å². The molecule has 1 aliphatic heterocycles. The van der Waals surface area contributed by atoms with Gasteiger partial charge in [-0.1, -0.05) is 30.3 Å². The minimum atomic E-state index is 0.239. The topological polar surface area (TPSA) is 50.5 Å². The fourth-order valence-electron chi connectivity index (χ4n) is 3.63. The highest BCUT2D eigenvalue weighted by atomic mass is 16.5. The normalized spacial score (nSPS) is 21.9. The monoisotopic (exact) mass is 329 g/mol. The first-order valence-electron chi connectivity index (χ1n) is 8.68. The van der Waals surface area contributed by atoms with Gasteiger partial charge >= 0.3 is 0 Å². The van der Waals surface area contributed by atoms with Gasteiger partial charge in [-0.3, -0.25) is 9.58 Å². The average Bonchev–Trinajstić information content (AvgIpc) is 3.08. The first kappa shape index (κ1) is 17.1. The van der Waals surface area contributed by atoms with E-state index in [0.29, 0.717) is 18.4 Å². The van der Waals surface area contributed by atoms with Crippen molar-refractivity contribution in [3.63, 3.8) is 0 Å². The fourth-order valence-corrected chi connectivity index (χ4v) is 3.63. The summed E-state index contributed by atoms with van der Waals surface area (Å²) in [5, 5.41) is 14.2. The number of methoxy groups -OCH3 is 1. The quantitative estimate of drug-likeness (QED) is 0.845. The van der Waals surface area contributed by atoms with Gasteiger partial charge in [-0.15, -0.1) is 0 Å². The van der Waals surface area contributed by atoms with Crippen molar-refractivity contribution >= 4 is 0 Å². The van der Waals surface area contributed by atoms with Gasteiger partial charge in [0.1, 0.15) is 0 Å². The van der Waals surface area contributed by atoms with Crippen LogP contribution in [0.3, 0.4) is 0 Å². The molecule has 0 radical (unpaired) electrons. The molecule has 0 bridgehead atoms. The van der Waals surface area contributed by atoms with Crippen LogP contribution in [0, 0.1) is 5.92 Å². The van der Waals surface area contributed by atoms with Crippen LogP contribution in [-0.4, -0.2) is 53.2 Å². The molecule has 2 atom stereocenters. The second-order valence-corrected chi connectivity index (χ2v) is 6.59. The van der Waals surface area contributed by atoms with Crippen LogP contribution in [-0.2, 0) is 17.8 Å². The number of aliphatic hydroxyl groups excluding tert-OH is 1. The maximum atomic E-state index is 9.85. The Kier molecular flexibility index (Phi) is 6.01. The Morgan fingerprint density at radius 2 is 2.12 bits per heavy atom. The van der Waals surface area contributed by atoms with E-state index >= 15 is 0 Å². The first-order valence-corrected chi connectivity index (χ1v) is 8.68. The van der Waals surface area contributed by atoms with Crippen molar-refractivity contribution in [1.82, 2.24) is 14.7 Å². The van der Waals surface area contributed by atoms with Crippen molar-refractivity contribution in [3.05, 3.63) is 53.9 Å². The Morgan fingerprint density at radius 1 is 1.29 bits per heavy atom. The highest BCUT2D eigenvalue weighted by Gasteiger charge is 2.29. The van der Waals surface area contributed by atoms with Gasteiger partial charge in [-0.05, 0) is 24.4 Å². The molecule has 0 aliphatic carbocycles. The lowest BCUT2D eigenvalue weighted by Gasteiger charge is -2.38. The molecule has 24 heavy (non-hydrogen) atoms. The lowest BCUT2D eigenvalue weighted by Crippen LogP contribution is -2.40. The maximum absolute atomic E-state index is 9.85. The van der Waals surface area contributed by atoms with E-state index in [1.165, 1.54) is 11.1 Å². The van der Waals surface area contributed by atoms with E-state index in [2.05, 4.69) is 40.5 Å². The van der Waals surface area contributed by atoms with Crippen molar-refractivity contribution < 1.29 is 9.84 Å². The number of ether oxygens (including phenoxy) is 1. The molecule has 0 unspecified atom stereocenters. The number of likely N-dealkylation sites (tertiary alicyclic amines) is 1. The third kappa shape index (κ3) is 4.23. The Morgan fingerprint density at radius 3 is 2.88 bits per heavy atom. The van der Waals surface area contributed by atoms with E-state index in [9.17, 15) is 5.11 Å². The summed E-state index contributed by atoms with van der Waals surface area (Å²) >= 11 is 0. The minimum Gasteiger partial charge on any atom is -0.396 e.